The Hall–Kier alpha value is -4.25. The lowest BCUT2D eigenvalue weighted by atomic mass is 10.1. The van der Waals surface area contributed by atoms with Crippen molar-refractivity contribution in [3.05, 3.63) is 72.0 Å². The van der Waals surface area contributed by atoms with Gasteiger partial charge in [0.15, 0.2) is 22.4 Å². The third kappa shape index (κ3) is 4.97. The lowest BCUT2D eigenvalue weighted by molar-refractivity contribution is -0.130. The third-order valence-corrected chi connectivity index (χ3v) is 7.77. The molecule has 0 radical (unpaired) electrons. The van der Waals surface area contributed by atoms with E-state index in [0.29, 0.717) is 53.4 Å². The molecule has 2 aromatic heterocycles. The molecule has 0 saturated carbocycles. The smallest absolute Gasteiger partial charge is 0.254 e. The van der Waals surface area contributed by atoms with Crippen molar-refractivity contribution in [2.45, 2.75) is 25.0 Å². The maximum absolute atomic E-state index is 13.2. The van der Waals surface area contributed by atoms with Crippen LogP contribution in [-0.4, -0.2) is 74.6 Å². The Morgan fingerprint density at radius 3 is 2.62 bits per heavy atom. The number of aryl methyl sites for hydroxylation is 1. The molecule has 10 nitrogen and oxygen atoms in total. The van der Waals surface area contributed by atoms with Crippen molar-refractivity contribution >= 4 is 23.6 Å². The number of carbonyl (C=O) groups is 2. The van der Waals surface area contributed by atoms with Gasteiger partial charge in [-0.3, -0.25) is 14.2 Å². The number of piperazine rings is 1. The molecule has 1 atom stereocenters. The summed E-state index contributed by atoms with van der Waals surface area (Å²) in [6, 6.07) is 16.8. The minimum absolute atomic E-state index is 0.0139. The number of ether oxygens (including phenoxy) is 2. The van der Waals surface area contributed by atoms with Gasteiger partial charge in [-0.15, -0.1) is 10.2 Å². The fourth-order valence-electron chi connectivity index (χ4n) is 4.75. The Morgan fingerprint density at radius 1 is 1.03 bits per heavy atom. The molecule has 1 fully saturated rings. The van der Waals surface area contributed by atoms with E-state index in [1.165, 1.54) is 11.8 Å². The Morgan fingerprint density at radius 2 is 1.85 bits per heavy atom. The summed E-state index contributed by atoms with van der Waals surface area (Å²) in [5.74, 6) is 2.49. The minimum atomic E-state index is -0.132. The molecule has 1 saturated heterocycles. The fourth-order valence-corrected chi connectivity index (χ4v) is 5.61. The molecule has 2 amide bonds. The number of rotatable bonds is 6. The third-order valence-electron chi connectivity index (χ3n) is 6.85. The van der Waals surface area contributed by atoms with E-state index in [2.05, 4.69) is 10.2 Å². The van der Waals surface area contributed by atoms with Gasteiger partial charge in [-0.25, -0.2) is 0 Å². The molecule has 0 N–H and O–H groups in total. The highest BCUT2D eigenvalue weighted by atomic mass is 32.2. The van der Waals surface area contributed by atoms with Gasteiger partial charge in [0.05, 0.1) is 12.0 Å². The molecular weight excluding hydrogens is 518 g/mol. The summed E-state index contributed by atoms with van der Waals surface area (Å²) in [7, 11) is 0. The van der Waals surface area contributed by atoms with Crippen LogP contribution in [0.4, 0.5) is 0 Å². The minimum Gasteiger partial charge on any atom is -0.461 e. The zero-order valence-corrected chi connectivity index (χ0v) is 22.4. The Balaban J connectivity index is 1.12. The lowest BCUT2D eigenvalue weighted by Gasteiger charge is -2.40. The normalized spacial score (nSPS) is 16.5. The maximum Gasteiger partial charge on any atom is 0.254 e. The number of benzene rings is 2. The van der Waals surface area contributed by atoms with Gasteiger partial charge in [-0.05, 0) is 56.3 Å². The first-order valence-electron chi connectivity index (χ1n) is 12.7. The van der Waals surface area contributed by atoms with Gasteiger partial charge in [0.1, 0.15) is 0 Å². The summed E-state index contributed by atoms with van der Waals surface area (Å²) in [6.45, 7) is 5.52. The van der Waals surface area contributed by atoms with E-state index in [1.54, 1.807) is 40.3 Å². The first-order chi connectivity index (χ1) is 19.0. The van der Waals surface area contributed by atoms with Crippen LogP contribution in [0.2, 0.25) is 0 Å². The highest BCUT2D eigenvalue weighted by Crippen LogP contribution is 2.33. The molecule has 1 unspecified atom stereocenters. The van der Waals surface area contributed by atoms with Gasteiger partial charge in [0.25, 0.3) is 5.91 Å². The molecule has 2 aliphatic heterocycles. The highest BCUT2D eigenvalue weighted by Gasteiger charge is 2.31. The van der Waals surface area contributed by atoms with Crippen molar-refractivity contribution in [2.75, 3.05) is 32.2 Å². The molecule has 200 valence electrons. The molecular formula is C28H27N5O5S. The number of fused-ring (bicyclic) bond motifs is 1. The number of furan rings is 1. The number of nitrogens with zero attached hydrogens (tertiary/aromatic N) is 5. The Bertz CT molecular complexity index is 1500. The molecule has 2 aromatic carbocycles. The maximum atomic E-state index is 13.2. The average molecular weight is 546 g/mol. The van der Waals surface area contributed by atoms with Crippen LogP contribution in [0.25, 0.3) is 17.3 Å². The van der Waals surface area contributed by atoms with Gasteiger partial charge in [0.2, 0.25) is 18.5 Å². The van der Waals surface area contributed by atoms with Crippen LogP contribution in [0.5, 0.6) is 11.5 Å². The van der Waals surface area contributed by atoms with Crippen LogP contribution >= 0.6 is 11.8 Å². The molecule has 4 aromatic rings. The van der Waals surface area contributed by atoms with Crippen LogP contribution in [0.15, 0.2) is 70.4 Å². The molecule has 0 aliphatic carbocycles. The van der Waals surface area contributed by atoms with E-state index >= 15 is 0 Å². The summed E-state index contributed by atoms with van der Waals surface area (Å²) < 4.78 is 18.2. The Kier molecular flexibility index (Phi) is 6.74. The van der Waals surface area contributed by atoms with Crippen molar-refractivity contribution in [2.24, 2.45) is 0 Å². The van der Waals surface area contributed by atoms with Crippen LogP contribution in [0.1, 0.15) is 22.8 Å². The topological polar surface area (TPSA) is 103 Å². The summed E-state index contributed by atoms with van der Waals surface area (Å²) in [5, 5.41) is 9.32. The number of hydrogen-bond acceptors (Lipinski definition) is 8. The zero-order valence-electron chi connectivity index (χ0n) is 21.6. The lowest BCUT2D eigenvalue weighted by Crippen LogP contribution is -2.55. The van der Waals surface area contributed by atoms with Crippen LogP contribution < -0.4 is 9.47 Å². The predicted molar refractivity (Wildman–Crippen MR) is 144 cm³/mol. The molecule has 11 heteroatoms. The molecule has 0 bridgehead atoms. The van der Waals surface area contributed by atoms with Crippen molar-refractivity contribution in [3.8, 4) is 28.8 Å². The molecule has 2 aliphatic rings. The van der Waals surface area contributed by atoms with E-state index in [0.717, 1.165) is 11.3 Å². The van der Waals surface area contributed by atoms with Crippen molar-refractivity contribution in [1.82, 2.24) is 24.6 Å². The van der Waals surface area contributed by atoms with Gasteiger partial charge in [-0.1, -0.05) is 29.5 Å². The molecule has 6 rings (SSSR count). The summed E-state index contributed by atoms with van der Waals surface area (Å²) in [5.41, 5.74) is 2.57. The largest absolute Gasteiger partial charge is 0.461 e. The summed E-state index contributed by atoms with van der Waals surface area (Å²) in [4.78, 5) is 30.0. The van der Waals surface area contributed by atoms with Crippen molar-refractivity contribution in [1.29, 1.82) is 0 Å². The number of thioether (sulfide) groups is 1. The van der Waals surface area contributed by atoms with Gasteiger partial charge in [-0.2, -0.15) is 0 Å². The van der Waals surface area contributed by atoms with Crippen LogP contribution in [0.3, 0.4) is 0 Å². The zero-order chi connectivity index (χ0) is 26.9. The van der Waals surface area contributed by atoms with E-state index in [-0.39, 0.29) is 30.4 Å². The monoisotopic (exact) mass is 545 g/mol. The Labute approximate surface area is 229 Å². The second kappa shape index (κ2) is 10.5. The SMILES string of the molecule is Cc1ccc(-n2c(SCC(=O)N3CCN(C(=O)c4ccc5c(c4)OCO5)C(C)C3)nnc2-c2ccco2)cc1. The van der Waals surface area contributed by atoms with Crippen molar-refractivity contribution in [3.63, 3.8) is 0 Å². The fraction of sp³-hybridized carbons (Fsp3) is 0.286. The summed E-state index contributed by atoms with van der Waals surface area (Å²) in [6.07, 6.45) is 1.60. The average Bonchev–Trinajstić information content (AvgIpc) is 3.72. The number of aromatic nitrogens is 3. The van der Waals surface area contributed by atoms with Gasteiger partial charge < -0.3 is 23.7 Å². The predicted octanol–water partition coefficient (Wildman–Crippen LogP) is 4.03. The van der Waals surface area contributed by atoms with Gasteiger partial charge in [0, 0.05) is 36.9 Å². The molecule has 0 spiro atoms. The van der Waals surface area contributed by atoms with Crippen molar-refractivity contribution < 1.29 is 23.5 Å². The number of carbonyl (C=O) groups excluding carboxylic acids is 2. The molecule has 39 heavy (non-hydrogen) atoms. The molecule has 4 heterocycles. The first kappa shape index (κ1) is 25.1. The standard InChI is InChI=1S/C28H27N5O5S/c1-18-5-8-21(9-6-18)33-26(23-4-3-13-36-23)29-30-28(33)39-16-25(34)31-11-12-32(19(2)15-31)27(35)20-7-10-22-24(14-20)38-17-37-22/h3-10,13-14,19H,11-12,15-17H2,1-2H3. The second-order valence-corrected chi connectivity index (χ2v) is 10.4. The quantitative estimate of drug-likeness (QED) is 0.335. The number of amides is 2. The second-order valence-electron chi connectivity index (χ2n) is 9.50. The van der Waals surface area contributed by atoms with Crippen LogP contribution in [0, 0.1) is 6.92 Å². The highest BCUT2D eigenvalue weighted by molar-refractivity contribution is 7.99. The first-order valence-corrected chi connectivity index (χ1v) is 13.6. The van der Waals surface area contributed by atoms with Gasteiger partial charge >= 0.3 is 0 Å². The van der Waals surface area contributed by atoms with E-state index in [4.69, 9.17) is 13.9 Å². The number of hydrogen-bond donors (Lipinski definition) is 0. The van der Waals surface area contributed by atoms with E-state index < -0.39 is 0 Å². The summed E-state index contributed by atoms with van der Waals surface area (Å²) >= 11 is 1.33. The van der Waals surface area contributed by atoms with Crippen LogP contribution in [-0.2, 0) is 4.79 Å². The van der Waals surface area contributed by atoms with E-state index in [1.807, 2.05) is 48.7 Å². The van der Waals surface area contributed by atoms with E-state index in [9.17, 15) is 9.59 Å².